The SMILES string of the molecule is CCC[C@H]1OC(=O)[C@@]1(OC)c1ccccc1. The average Bonchev–Trinajstić information content (AvgIpc) is 2.31. The third-order valence-electron chi connectivity index (χ3n) is 3.08. The van der Waals surface area contributed by atoms with E-state index in [0.29, 0.717) is 0 Å². The first-order valence-corrected chi connectivity index (χ1v) is 5.57. The molecule has 0 N–H and O–H groups in total. The predicted molar refractivity (Wildman–Crippen MR) is 59.9 cm³/mol. The van der Waals surface area contributed by atoms with Crippen molar-refractivity contribution in [1.82, 2.24) is 0 Å². The molecule has 0 aromatic heterocycles. The first-order chi connectivity index (χ1) is 7.75. The minimum absolute atomic E-state index is 0.155. The normalized spacial score (nSPS) is 28.4. The number of rotatable bonds is 4. The van der Waals surface area contributed by atoms with Crippen molar-refractivity contribution in [2.24, 2.45) is 0 Å². The van der Waals surface area contributed by atoms with Gasteiger partial charge in [0, 0.05) is 7.11 Å². The smallest absolute Gasteiger partial charge is 0.347 e. The van der Waals surface area contributed by atoms with Crippen LogP contribution in [0.15, 0.2) is 30.3 Å². The summed E-state index contributed by atoms with van der Waals surface area (Å²) in [7, 11) is 1.57. The highest BCUT2D eigenvalue weighted by molar-refractivity contribution is 5.87. The van der Waals surface area contributed by atoms with Gasteiger partial charge in [-0.1, -0.05) is 43.7 Å². The number of benzene rings is 1. The van der Waals surface area contributed by atoms with Crippen LogP contribution in [0.25, 0.3) is 0 Å². The Balaban J connectivity index is 2.35. The highest BCUT2D eigenvalue weighted by Gasteiger charge is 2.59. The van der Waals surface area contributed by atoms with Crippen LogP contribution in [0.5, 0.6) is 0 Å². The summed E-state index contributed by atoms with van der Waals surface area (Å²) in [5, 5.41) is 0. The molecule has 1 aliphatic heterocycles. The van der Waals surface area contributed by atoms with Crippen molar-refractivity contribution in [2.45, 2.75) is 31.5 Å². The van der Waals surface area contributed by atoms with Crippen LogP contribution >= 0.6 is 0 Å². The Bertz CT molecular complexity index is 374. The van der Waals surface area contributed by atoms with Gasteiger partial charge in [0.2, 0.25) is 5.60 Å². The van der Waals surface area contributed by atoms with Crippen LogP contribution in [0, 0.1) is 0 Å². The molecule has 1 aromatic rings. The van der Waals surface area contributed by atoms with E-state index in [-0.39, 0.29) is 12.1 Å². The van der Waals surface area contributed by atoms with E-state index in [9.17, 15) is 4.79 Å². The fraction of sp³-hybridized carbons (Fsp3) is 0.462. The van der Waals surface area contributed by atoms with Gasteiger partial charge in [-0.25, -0.2) is 4.79 Å². The summed E-state index contributed by atoms with van der Waals surface area (Å²) in [6.45, 7) is 2.07. The maximum absolute atomic E-state index is 11.7. The first kappa shape index (κ1) is 11.1. The molecule has 0 spiro atoms. The van der Waals surface area contributed by atoms with Crippen molar-refractivity contribution < 1.29 is 14.3 Å². The largest absolute Gasteiger partial charge is 0.456 e. The van der Waals surface area contributed by atoms with Crippen molar-refractivity contribution in [1.29, 1.82) is 0 Å². The number of carbonyl (C=O) groups excluding carboxylic acids is 1. The van der Waals surface area contributed by atoms with E-state index < -0.39 is 5.60 Å². The maximum atomic E-state index is 11.7. The summed E-state index contributed by atoms with van der Waals surface area (Å²) < 4.78 is 10.6. The van der Waals surface area contributed by atoms with Gasteiger partial charge in [0.15, 0.2) is 0 Å². The van der Waals surface area contributed by atoms with Crippen LogP contribution in [0.1, 0.15) is 25.3 Å². The van der Waals surface area contributed by atoms with Gasteiger partial charge in [-0.15, -0.1) is 0 Å². The zero-order chi connectivity index (χ0) is 11.6. The number of carbonyl (C=O) groups is 1. The zero-order valence-corrected chi connectivity index (χ0v) is 9.60. The summed E-state index contributed by atoms with van der Waals surface area (Å²) >= 11 is 0. The van der Waals surface area contributed by atoms with Crippen LogP contribution in [-0.2, 0) is 19.9 Å². The minimum atomic E-state index is -0.878. The highest BCUT2D eigenvalue weighted by atomic mass is 16.6. The molecule has 1 aromatic carbocycles. The standard InChI is InChI=1S/C13H16O3/c1-3-7-11-13(15-2,12(14)16-11)10-8-5-4-6-9-10/h4-6,8-9,11H,3,7H2,1-2H3/t11-,13-/m1/s1. The van der Waals surface area contributed by atoms with Gasteiger partial charge in [-0.2, -0.15) is 0 Å². The number of ether oxygens (including phenoxy) is 2. The summed E-state index contributed by atoms with van der Waals surface area (Å²) in [6, 6.07) is 9.56. The molecular formula is C13H16O3. The highest BCUT2D eigenvalue weighted by Crippen LogP contribution is 2.42. The number of esters is 1. The van der Waals surface area contributed by atoms with Gasteiger partial charge >= 0.3 is 5.97 Å². The van der Waals surface area contributed by atoms with Crippen molar-refractivity contribution in [3.8, 4) is 0 Å². The molecule has 3 nitrogen and oxygen atoms in total. The number of hydrogen-bond acceptors (Lipinski definition) is 3. The lowest BCUT2D eigenvalue weighted by molar-refractivity contribution is -0.241. The van der Waals surface area contributed by atoms with Crippen LogP contribution in [0.4, 0.5) is 0 Å². The molecule has 1 fully saturated rings. The molecule has 0 unspecified atom stereocenters. The van der Waals surface area contributed by atoms with Gasteiger partial charge in [-0.3, -0.25) is 0 Å². The molecule has 16 heavy (non-hydrogen) atoms. The molecule has 0 aliphatic carbocycles. The van der Waals surface area contributed by atoms with Crippen molar-refractivity contribution >= 4 is 5.97 Å². The van der Waals surface area contributed by atoms with Crippen molar-refractivity contribution in [2.75, 3.05) is 7.11 Å². The molecule has 0 amide bonds. The molecule has 2 rings (SSSR count). The Hall–Kier alpha value is -1.35. The molecule has 1 heterocycles. The van der Waals surface area contributed by atoms with Gasteiger partial charge in [0.25, 0.3) is 0 Å². The Labute approximate surface area is 95.4 Å². The average molecular weight is 220 g/mol. The van der Waals surface area contributed by atoms with Gasteiger partial charge < -0.3 is 9.47 Å². The summed E-state index contributed by atoms with van der Waals surface area (Å²) in [5.74, 6) is -0.278. The van der Waals surface area contributed by atoms with Crippen LogP contribution in [0.3, 0.4) is 0 Å². The number of hydrogen-bond donors (Lipinski definition) is 0. The molecule has 1 saturated heterocycles. The third kappa shape index (κ3) is 1.43. The second-order valence-corrected chi connectivity index (χ2v) is 3.99. The Morgan fingerprint density at radius 3 is 2.56 bits per heavy atom. The number of methoxy groups -OCH3 is 1. The van der Waals surface area contributed by atoms with Crippen molar-refractivity contribution in [3.05, 3.63) is 35.9 Å². The fourth-order valence-electron chi connectivity index (χ4n) is 2.22. The van der Waals surface area contributed by atoms with E-state index in [2.05, 4.69) is 6.92 Å². The zero-order valence-electron chi connectivity index (χ0n) is 9.60. The van der Waals surface area contributed by atoms with Crippen molar-refractivity contribution in [3.63, 3.8) is 0 Å². The summed E-state index contributed by atoms with van der Waals surface area (Å²) in [4.78, 5) is 11.7. The topological polar surface area (TPSA) is 35.5 Å². The van der Waals surface area contributed by atoms with E-state index >= 15 is 0 Å². The lowest BCUT2D eigenvalue weighted by Crippen LogP contribution is -2.61. The maximum Gasteiger partial charge on any atom is 0.347 e. The third-order valence-corrected chi connectivity index (χ3v) is 3.08. The van der Waals surface area contributed by atoms with E-state index in [4.69, 9.17) is 9.47 Å². The second kappa shape index (κ2) is 4.26. The Kier molecular flexibility index (Phi) is 2.97. The van der Waals surface area contributed by atoms with Crippen LogP contribution in [0.2, 0.25) is 0 Å². The van der Waals surface area contributed by atoms with E-state index in [1.165, 1.54) is 0 Å². The number of cyclic esters (lactones) is 1. The molecule has 0 bridgehead atoms. The van der Waals surface area contributed by atoms with E-state index in [1.807, 2.05) is 30.3 Å². The minimum Gasteiger partial charge on any atom is -0.456 e. The monoisotopic (exact) mass is 220 g/mol. The quantitative estimate of drug-likeness (QED) is 0.730. The summed E-state index contributed by atoms with van der Waals surface area (Å²) in [5.41, 5.74) is 0.00396. The first-order valence-electron chi connectivity index (χ1n) is 5.57. The second-order valence-electron chi connectivity index (χ2n) is 3.99. The van der Waals surface area contributed by atoms with E-state index in [0.717, 1.165) is 18.4 Å². The molecule has 0 radical (unpaired) electrons. The van der Waals surface area contributed by atoms with Gasteiger partial charge in [0.05, 0.1) is 0 Å². The predicted octanol–water partition coefficient (Wildman–Crippen LogP) is 2.25. The Morgan fingerprint density at radius 1 is 1.38 bits per heavy atom. The molecule has 3 heteroatoms. The Morgan fingerprint density at radius 2 is 2.06 bits per heavy atom. The summed E-state index contributed by atoms with van der Waals surface area (Å²) in [6.07, 6.45) is 1.64. The molecular weight excluding hydrogens is 204 g/mol. The van der Waals surface area contributed by atoms with Crippen LogP contribution < -0.4 is 0 Å². The molecule has 86 valence electrons. The fourth-order valence-corrected chi connectivity index (χ4v) is 2.22. The lowest BCUT2D eigenvalue weighted by atomic mass is 9.81. The van der Waals surface area contributed by atoms with Gasteiger partial charge in [0.1, 0.15) is 6.10 Å². The van der Waals surface area contributed by atoms with Crippen LogP contribution in [-0.4, -0.2) is 19.2 Å². The molecule has 0 saturated carbocycles. The van der Waals surface area contributed by atoms with E-state index in [1.54, 1.807) is 7.11 Å². The molecule has 1 aliphatic rings. The lowest BCUT2D eigenvalue weighted by Gasteiger charge is -2.45. The molecule has 2 atom stereocenters. The van der Waals surface area contributed by atoms with Gasteiger partial charge in [-0.05, 0) is 12.0 Å².